The van der Waals surface area contributed by atoms with Gasteiger partial charge in [0.25, 0.3) is 0 Å². The smallest absolute Gasteiger partial charge is 0.410 e. The zero-order chi connectivity index (χ0) is 14.6. The lowest BCUT2D eigenvalue weighted by molar-refractivity contribution is -0.00234. The van der Waals surface area contributed by atoms with Crippen molar-refractivity contribution in [2.75, 3.05) is 20.2 Å². The number of amides is 1. The molecule has 1 aromatic rings. The monoisotopic (exact) mass is 296 g/mol. The molecule has 2 atom stereocenters. The first-order chi connectivity index (χ1) is 9.57. The molecular weight excluding hydrogens is 276 g/mol. The number of ether oxygens (including phenoxy) is 2. The molecule has 1 amide bonds. The summed E-state index contributed by atoms with van der Waals surface area (Å²) in [5, 5.41) is -0.431. The van der Waals surface area contributed by atoms with E-state index in [9.17, 15) is 4.79 Å². The SMILES string of the molecule is COC1(C(N)S)CCN(C(=O)OCc2ccccc2)C1. The third-order valence-electron chi connectivity index (χ3n) is 3.67. The minimum Gasteiger partial charge on any atom is -0.445 e. The summed E-state index contributed by atoms with van der Waals surface area (Å²) < 4.78 is 10.7. The van der Waals surface area contributed by atoms with Gasteiger partial charge in [0.15, 0.2) is 0 Å². The van der Waals surface area contributed by atoms with Gasteiger partial charge in [-0.15, -0.1) is 0 Å². The van der Waals surface area contributed by atoms with Crippen molar-refractivity contribution in [2.45, 2.75) is 24.0 Å². The third-order valence-corrected chi connectivity index (χ3v) is 4.14. The minimum absolute atomic E-state index is 0.267. The topological polar surface area (TPSA) is 64.8 Å². The highest BCUT2D eigenvalue weighted by molar-refractivity contribution is 7.81. The zero-order valence-electron chi connectivity index (χ0n) is 11.5. The number of hydrogen-bond acceptors (Lipinski definition) is 5. The second kappa shape index (κ2) is 6.47. The molecule has 2 unspecified atom stereocenters. The van der Waals surface area contributed by atoms with Crippen molar-refractivity contribution in [1.82, 2.24) is 4.90 Å². The van der Waals surface area contributed by atoms with Gasteiger partial charge >= 0.3 is 6.09 Å². The molecule has 1 aromatic carbocycles. The molecule has 5 nitrogen and oxygen atoms in total. The van der Waals surface area contributed by atoms with Crippen molar-refractivity contribution < 1.29 is 14.3 Å². The van der Waals surface area contributed by atoms with Crippen LogP contribution in [-0.2, 0) is 16.1 Å². The summed E-state index contributed by atoms with van der Waals surface area (Å²) >= 11 is 4.25. The van der Waals surface area contributed by atoms with Gasteiger partial charge in [-0.2, -0.15) is 12.6 Å². The van der Waals surface area contributed by atoms with Crippen LogP contribution in [0.15, 0.2) is 30.3 Å². The first-order valence-electron chi connectivity index (χ1n) is 6.52. The van der Waals surface area contributed by atoms with Gasteiger partial charge in [0, 0.05) is 13.7 Å². The fraction of sp³-hybridized carbons (Fsp3) is 0.500. The standard InChI is InChI=1S/C14H20N2O3S/c1-18-14(12(15)20)7-8-16(10-14)13(17)19-9-11-5-3-2-4-6-11/h2-6,12,20H,7-10,15H2,1H3. The van der Waals surface area contributed by atoms with E-state index in [1.54, 1.807) is 12.0 Å². The van der Waals surface area contributed by atoms with Crippen LogP contribution in [0.25, 0.3) is 0 Å². The van der Waals surface area contributed by atoms with E-state index in [-0.39, 0.29) is 12.7 Å². The van der Waals surface area contributed by atoms with Crippen LogP contribution in [0.4, 0.5) is 4.79 Å². The summed E-state index contributed by atoms with van der Waals surface area (Å²) in [5.41, 5.74) is 6.20. The molecule has 0 bridgehead atoms. The number of methoxy groups -OCH3 is 1. The lowest BCUT2D eigenvalue weighted by atomic mass is 10.0. The predicted molar refractivity (Wildman–Crippen MR) is 79.5 cm³/mol. The third kappa shape index (κ3) is 3.26. The molecule has 110 valence electrons. The van der Waals surface area contributed by atoms with Crippen LogP contribution in [0, 0.1) is 0 Å². The number of benzene rings is 1. The van der Waals surface area contributed by atoms with Gasteiger partial charge in [-0.3, -0.25) is 0 Å². The van der Waals surface area contributed by atoms with Gasteiger partial charge in [0.05, 0.1) is 11.9 Å². The van der Waals surface area contributed by atoms with Gasteiger partial charge in [-0.25, -0.2) is 4.79 Å². The van der Waals surface area contributed by atoms with Crippen LogP contribution in [0.5, 0.6) is 0 Å². The van der Waals surface area contributed by atoms with Crippen LogP contribution < -0.4 is 5.73 Å². The summed E-state index contributed by atoms with van der Waals surface area (Å²) in [7, 11) is 1.59. The van der Waals surface area contributed by atoms with Gasteiger partial charge in [0.2, 0.25) is 0 Å². The average Bonchev–Trinajstić information content (AvgIpc) is 2.92. The highest BCUT2D eigenvalue weighted by atomic mass is 32.1. The van der Waals surface area contributed by atoms with Crippen LogP contribution in [-0.4, -0.2) is 42.2 Å². The van der Waals surface area contributed by atoms with Crippen LogP contribution in [0.3, 0.4) is 0 Å². The Labute approximate surface area is 124 Å². The Kier molecular flexibility index (Phi) is 4.91. The summed E-state index contributed by atoms with van der Waals surface area (Å²) in [6, 6.07) is 9.58. The molecule has 20 heavy (non-hydrogen) atoms. The number of hydrogen-bond donors (Lipinski definition) is 2. The first kappa shape index (κ1) is 15.2. The van der Waals surface area contributed by atoms with Gasteiger partial charge in [0.1, 0.15) is 12.2 Å². The lowest BCUT2D eigenvalue weighted by Crippen LogP contribution is -2.49. The van der Waals surface area contributed by atoms with E-state index in [4.69, 9.17) is 15.2 Å². The van der Waals surface area contributed by atoms with Crippen LogP contribution in [0.1, 0.15) is 12.0 Å². The van der Waals surface area contributed by atoms with Crippen molar-refractivity contribution in [3.8, 4) is 0 Å². The summed E-state index contributed by atoms with van der Waals surface area (Å²) in [6.07, 6.45) is 0.316. The fourth-order valence-corrected chi connectivity index (χ4v) is 2.62. The van der Waals surface area contributed by atoms with Crippen molar-refractivity contribution >= 4 is 18.7 Å². The summed E-state index contributed by atoms with van der Waals surface area (Å²) in [6.45, 7) is 1.24. The highest BCUT2D eigenvalue weighted by Gasteiger charge is 2.44. The Morgan fingerprint density at radius 3 is 2.75 bits per heavy atom. The largest absolute Gasteiger partial charge is 0.445 e. The van der Waals surface area contributed by atoms with E-state index in [1.807, 2.05) is 30.3 Å². The Hall–Kier alpha value is -1.24. The van der Waals surface area contributed by atoms with Crippen molar-refractivity contribution in [2.24, 2.45) is 5.73 Å². The molecule has 1 saturated heterocycles. The number of nitrogens with two attached hydrogens (primary N) is 1. The van der Waals surface area contributed by atoms with E-state index >= 15 is 0 Å². The highest BCUT2D eigenvalue weighted by Crippen LogP contribution is 2.29. The maximum Gasteiger partial charge on any atom is 0.410 e. The van der Waals surface area contributed by atoms with E-state index in [2.05, 4.69) is 12.6 Å². The van der Waals surface area contributed by atoms with E-state index in [0.717, 1.165) is 5.56 Å². The van der Waals surface area contributed by atoms with E-state index in [0.29, 0.717) is 19.5 Å². The molecule has 1 aliphatic rings. The molecule has 0 spiro atoms. The summed E-state index contributed by atoms with van der Waals surface area (Å²) in [5.74, 6) is 0. The Bertz CT molecular complexity index is 455. The molecular formula is C14H20N2O3S. The Morgan fingerprint density at radius 1 is 1.50 bits per heavy atom. The molecule has 0 aromatic heterocycles. The molecule has 0 aliphatic carbocycles. The van der Waals surface area contributed by atoms with Crippen molar-refractivity contribution in [3.05, 3.63) is 35.9 Å². The molecule has 6 heteroatoms. The van der Waals surface area contributed by atoms with E-state index < -0.39 is 11.0 Å². The van der Waals surface area contributed by atoms with E-state index in [1.165, 1.54) is 0 Å². The van der Waals surface area contributed by atoms with Crippen LogP contribution >= 0.6 is 12.6 Å². The Balaban J connectivity index is 1.88. The maximum absolute atomic E-state index is 12.0. The Morgan fingerprint density at radius 2 is 2.20 bits per heavy atom. The number of rotatable bonds is 4. The molecule has 1 heterocycles. The minimum atomic E-state index is -0.588. The fourth-order valence-electron chi connectivity index (χ4n) is 2.30. The average molecular weight is 296 g/mol. The van der Waals surface area contributed by atoms with Crippen molar-refractivity contribution in [3.63, 3.8) is 0 Å². The molecule has 0 radical (unpaired) electrons. The number of carbonyl (C=O) groups is 1. The van der Waals surface area contributed by atoms with Gasteiger partial charge in [-0.1, -0.05) is 30.3 Å². The molecule has 1 fully saturated rings. The number of likely N-dealkylation sites (tertiary alicyclic amines) is 1. The van der Waals surface area contributed by atoms with Gasteiger partial charge < -0.3 is 20.1 Å². The molecule has 2 N–H and O–H groups in total. The number of thiol groups is 1. The first-order valence-corrected chi connectivity index (χ1v) is 7.03. The molecule has 1 aliphatic heterocycles. The second-order valence-corrected chi connectivity index (χ2v) is 5.48. The number of carbonyl (C=O) groups excluding carboxylic acids is 1. The zero-order valence-corrected chi connectivity index (χ0v) is 12.4. The normalized spacial score (nSPS) is 23.6. The number of nitrogens with zero attached hydrogens (tertiary/aromatic N) is 1. The maximum atomic E-state index is 12.0. The quantitative estimate of drug-likeness (QED) is 0.655. The van der Waals surface area contributed by atoms with Crippen LogP contribution in [0.2, 0.25) is 0 Å². The lowest BCUT2D eigenvalue weighted by Gasteiger charge is -2.30. The second-order valence-electron chi connectivity index (χ2n) is 4.93. The molecule has 0 saturated carbocycles. The predicted octanol–water partition coefficient (Wildman–Crippen LogP) is 1.63. The van der Waals surface area contributed by atoms with Gasteiger partial charge in [-0.05, 0) is 12.0 Å². The summed E-state index contributed by atoms with van der Waals surface area (Å²) in [4.78, 5) is 13.6. The van der Waals surface area contributed by atoms with Crippen molar-refractivity contribution in [1.29, 1.82) is 0 Å². The molecule has 2 rings (SSSR count).